The van der Waals surface area contributed by atoms with Crippen molar-refractivity contribution in [1.29, 1.82) is 0 Å². The predicted octanol–water partition coefficient (Wildman–Crippen LogP) is 3.29. The smallest absolute Gasteiger partial charge is 0.191 e. The highest BCUT2D eigenvalue weighted by molar-refractivity contribution is 5.80. The number of hydrogen-bond acceptors (Lipinski definition) is 5. The number of anilines is 1. The Morgan fingerprint density at radius 3 is 2.33 bits per heavy atom. The number of nitrogens with zero attached hydrogens (tertiary/aromatic N) is 2. The van der Waals surface area contributed by atoms with Gasteiger partial charge < -0.3 is 29.7 Å². The quantitative estimate of drug-likeness (QED) is 0.325. The van der Waals surface area contributed by atoms with Crippen molar-refractivity contribution in [3.05, 3.63) is 18.2 Å². The van der Waals surface area contributed by atoms with Crippen LogP contribution in [0.5, 0.6) is 11.5 Å². The number of hydrogen-bond donors (Lipinski definition) is 2. The van der Waals surface area contributed by atoms with Gasteiger partial charge in [0.25, 0.3) is 0 Å². The van der Waals surface area contributed by atoms with Crippen LogP contribution in [0.4, 0.5) is 5.69 Å². The third-order valence-electron chi connectivity index (χ3n) is 5.23. The summed E-state index contributed by atoms with van der Waals surface area (Å²) < 4.78 is 16.5. The number of nitrogens with one attached hydrogen (secondary N) is 2. The molecule has 1 heterocycles. The highest BCUT2D eigenvalue weighted by Crippen LogP contribution is 2.30. The van der Waals surface area contributed by atoms with Crippen molar-refractivity contribution in [2.24, 2.45) is 10.9 Å². The Bertz CT molecular complexity index is 621. The molecule has 1 saturated heterocycles. The molecule has 1 fully saturated rings. The Balaban J connectivity index is 1.82. The van der Waals surface area contributed by atoms with Crippen LogP contribution in [0.15, 0.2) is 23.2 Å². The van der Waals surface area contributed by atoms with Crippen LogP contribution in [-0.4, -0.2) is 65.6 Å². The normalized spacial score (nSPS) is 15.4. The van der Waals surface area contributed by atoms with Gasteiger partial charge in [-0.25, -0.2) is 0 Å². The van der Waals surface area contributed by atoms with Crippen molar-refractivity contribution in [1.82, 2.24) is 10.6 Å². The van der Waals surface area contributed by atoms with Crippen LogP contribution in [-0.2, 0) is 4.74 Å². The molecule has 2 N–H and O–H groups in total. The molecule has 2 rings (SSSR count). The Morgan fingerprint density at radius 1 is 1.10 bits per heavy atom. The second-order valence-corrected chi connectivity index (χ2v) is 8.03. The summed E-state index contributed by atoms with van der Waals surface area (Å²) in [5.41, 5.74) is 1.14. The van der Waals surface area contributed by atoms with Gasteiger partial charge in [-0.3, -0.25) is 4.99 Å². The maximum Gasteiger partial charge on any atom is 0.191 e. The third kappa shape index (κ3) is 8.30. The van der Waals surface area contributed by atoms with E-state index in [2.05, 4.69) is 53.4 Å². The summed E-state index contributed by atoms with van der Waals surface area (Å²) in [6.45, 7) is 11.5. The number of benzene rings is 1. The van der Waals surface area contributed by atoms with Crippen LogP contribution in [0.3, 0.4) is 0 Å². The zero-order chi connectivity index (χ0) is 21.8. The van der Waals surface area contributed by atoms with Gasteiger partial charge in [-0.1, -0.05) is 13.8 Å². The molecule has 0 aliphatic carbocycles. The first kappa shape index (κ1) is 24.1. The molecule has 1 aliphatic rings. The van der Waals surface area contributed by atoms with Gasteiger partial charge in [0.1, 0.15) is 11.5 Å². The van der Waals surface area contributed by atoms with Crippen LogP contribution < -0.4 is 25.0 Å². The second-order valence-electron chi connectivity index (χ2n) is 8.03. The Morgan fingerprint density at radius 2 is 1.77 bits per heavy atom. The number of methoxy groups -OCH3 is 2. The van der Waals surface area contributed by atoms with E-state index in [1.165, 1.54) is 0 Å². The van der Waals surface area contributed by atoms with Gasteiger partial charge in [0.2, 0.25) is 0 Å². The summed E-state index contributed by atoms with van der Waals surface area (Å²) in [7, 11) is 3.37. The minimum Gasteiger partial charge on any atom is -0.497 e. The lowest BCUT2D eigenvalue weighted by Crippen LogP contribution is -2.48. The molecule has 0 saturated carbocycles. The average Bonchev–Trinajstić information content (AvgIpc) is 2.76. The van der Waals surface area contributed by atoms with E-state index >= 15 is 0 Å². The first-order chi connectivity index (χ1) is 14.5. The maximum absolute atomic E-state index is 5.67. The summed E-state index contributed by atoms with van der Waals surface area (Å²) in [6, 6.07) is 6.46. The summed E-state index contributed by atoms with van der Waals surface area (Å²) in [5.74, 6) is 3.20. The zero-order valence-electron chi connectivity index (χ0n) is 19.4. The van der Waals surface area contributed by atoms with E-state index in [1.54, 1.807) is 14.2 Å². The molecule has 0 spiro atoms. The van der Waals surface area contributed by atoms with Crippen molar-refractivity contribution >= 4 is 11.6 Å². The van der Waals surface area contributed by atoms with E-state index in [0.717, 1.165) is 68.6 Å². The molecule has 0 aromatic heterocycles. The fourth-order valence-corrected chi connectivity index (χ4v) is 3.41. The lowest BCUT2D eigenvalue weighted by atomic mass is 10.0. The average molecular weight is 421 g/mol. The third-order valence-corrected chi connectivity index (χ3v) is 5.23. The van der Waals surface area contributed by atoms with Crippen LogP contribution in [0.25, 0.3) is 0 Å². The van der Waals surface area contributed by atoms with Crippen molar-refractivity contribution in [2.75, 3.05) is 58.5 Å². The lowest BCUT2D eigenvalue weighted by Gasteiger charge is -2.34. The van der Waals surface area contributed by atoms with Crippen LogP contribution in [0, 0.1) is 5.92 Å². The molecule has 1 aromatic carbocycles. The molecule has 170 valence electrons. The van der Waals surface area contributed by atoms with Gasteiger partial charge in [-0.05, 0) is 32.1 Å². The van der Waals surface area contributed by atoms with Gasteiger partial charge in [0.15, 0.2) is 5.96 Å². The molecule has 7 nitrogen and oxygen atoms in total. The van der Waals surface area contributed by atoms with Crippen LogP contribution in [0.2, 0.25) is 0 Å². The minimum absolute atomic E-state index is 0.411. The van der Waals surface area contributed by atoms with E-state index in [1.807, 2.05) is 6.07 Å². The lowest BCUT2D eigenvalue weighted by molar-refractivity contribution is 0.130. The molecule has 0 unspecified atom stereocenters. The van der Waals surface area contributed by atoms with E-state index < -0.39 is 0 Å². The topological polar surface area (TPSA) is 67.4 Å². The molecular formula is C23H40N4O3. The number of piperidine rings is 1. The summed E-state index contributed by atoms with van der Waals surface area (Å²) in [6.07, 6.45) is 3.20. The number of rotatable bonds is 11. The van der Waals surface area contributed by atoms with Crippen molar-refractivity contribution in [2.45, 2.75) is 46.1 Å². The largest absolute Gasteiger partial charge is 0.497 e. The maximum atomic E-state index is 5.67. The van der Waals surface area contributed by atoms with Gasteiger partial charge >= 0.3 is 0 Å². The Kier molecular flexibility index (Phi) is 10.6. The molecule has 0 radical (unpaired) electrons. The van der Waals surface area contributed by atoms with E-state index in [0.29, 0.717) is 25.1 Å². The Hall–Kier alpha value is -2.15. The van der Waals surface area contributed by atoms with Gasteiger partial charge in [-0.15, -0.1) is 0 Å². The summed E-state index contributed by atoms with van der Waals surface area (Å²) >= 11 is 0. The van der Waals surface area contributed by atoms with E-state index in [9.17, 15) is 0 Å². The standard InChI is InChI=1S/C23H40N4O3/c1-6-24-23(25-10-14-30-13-9-18(2)3)26-19-7-11-27(12-8-19)20-15-21(28-4)17-22(16-20)29-5/h15-19H,6-14H2,1-5H3,(H2,24,25,26). The monoisotopic (exact) mass is 420 g/mol. The van der Waals surface area contributed by atoms with Crippen molar-refractivity contribution in [3.63, 3.8) is 0 Å². The van der Waals surface area contributed by atoms with Gasteiger partial charge in [0.05, 0.1) is 27.4 Å². The molecule has 0 amide bonds. The molecule has 0 atom stereocenters. The number of aliphatic imine (C=N–C) groups is 1. The second kappa shape index (κ2) is 13.2. The minimum atomic E-state index is 0.411. The molecule has 7 heteroatoms. The number of guanidine groups is 1. The summed E-state index contributed by atoms with van der Waals surface area (Å²) in [5, 5.41) is 6.94. The zero-order valence-corrected chi connectivity index (χ0v) is 19.4. The van der Waals surface area contributed by atoms with Crippen LogP contribution in [0.1, 0.15) is 40.0 Å². The summed E-state index contributed by atoms with van der Waals surface area (Å²) in [4.78, 5) is 7.05. The molecule has 30 heavy (non-hydrogen) atoms. The van der Waals surface area contributed by atoms with Crippen LogP contribution >= 0.6 is 0 Å². The van der Waals surface area contributed by atoms with E-state index in [4.69, 9.17) is 14.2 Å². The molecule has 0 bridgehead atoms. The predicted molar refractivity (Wildman–Crippen MR) is 124 cm³/mol. The van der Waals surface area contributed by atoms with Crippen molar-refractivity contribution in [3.8, 4) is 11.5 Å². The highest BCUT2D eigenvalue weighted by Gasteiger charge is 2.21. The molecule has 1 aliphatic heterocycles. The van der Waals surface area contributed by atoms with Crippen molar-refractivity contribution < 1.29 is 14.2 Å². The molecular weight excluding hydrogens is 380 g/mol. The fourth-order valence-electron chi connectivity index (χ4n) is 3.41. The SMILES string of the molecule is CCNC(=NCCOCCC(C)C)NC1CCN(c2cc(OC)cc(OC)c2)CC1. The number of ether oxygens (including phenoxy) is 3. The molecule has 1 aromatic rings. The van der Waals surface area contributed by atoms with Gasteiger partial charge in [-0.2, -0.15) is 0 Å². The first-order valence-electron chi connectivity index (χ1n) is 11.2. The van der Waals surface area contributed by atoms with E-state index in [-0.39, 0.29) is 0 Å². The highest BCUT2D eigenvalue weighted by atomic mass is 16.5. The fraction of sp³-hybridized carbons (Fsp3) is 0.696. The Labute approximate surface area is 182 Å². The van der Waals surface area contributed by atoms with Gasteiger partial charge in [0, 0.05) is 56.2 Å². The first-order valence-corrected chi connectivity index (χ1v) is 11.2.